The summed E-state index contributed by atoms with van der Waals surface area (Å²) in [5.74, 6) is -1.43. The molecular weight excluding hydrogens is 196 g/mol. The number of carbonyl (C=O) groups is 2. The summed E-state index contributed by atoms with van der Waals surface area (Å²) in [6.45, 7) is 3.83. The smallest absolute Gasteiger partial charge is 0.306 e. The quantitative estimate of drug-likeness (QED) is 0.545. The Morgan fingerprint density at radius 2 is 1.93 bits per heavy atom. The van der Waals surface area contributed by atoms with Crippen LogP contribution in [0.5, 0.6) is 0 Å². The van der Waals surface area contributed by atoms with Crippen LogP contribution in [0.2, 0.25) is 0 Å². The SMILES string of the molecule is CC(CCCC(C)C(=O)O)NCC(N)=O. The molecule has 0 aromatic carbocycles. The van der Waals surface area contributed by atoms with Crippen molar-refractivity contribution in [1.82, 2.24) is 5.32 Å². The molecule has 0 aliphatic rings. The van der Waals surface area contributed by atoms with Crippen molar-refractivity contribution >= 4 is 11.9 Å². The van der Waals surface area contributed by atoms with Crippen molar-refractivity contribution in [1.29, 1.82) is 0 Å². The largest absolute Gasteiger partial charge is 0.481 e. The van der Waals surface area contributed by atoms with Gasteiger partial charge in [0.1, 0.15) is 0 Å². The van der Waals surface area contributed by atoms with Crippen molar-refractivity contribution in [2.45, 2.75) is 39.2 Å². The first-order chi connectivity index (χ1) is 6.93. The Balaban J connectivity index is 3.50. The molecule has 0 heterocycles. The summed E-state index contributed by atoms with van der Waals surface area (Å²) in [4.78, 5) is 21.0. The van der Waals surface area contributed by atoms with Crippen molar-refractivity contribution < 1.29 is 14.7 Å². The van der Waals surface area contributed by atoms with Crippen LogP contribution >= 0.6 is 0 Å². The van der Waals surface area contributed by atoms with Crippen LogP contribution in [0.3, 0.4) is 0 Å². The second-order valence-electron chi connectivity index (χ2n) is 3.92. The molecular formula is C10H20N2O3. The van der Waals surface area contributed by atoms with Gasteiger partial charge in [-0.05, 0) is 19.8 Å². The zero-order valence-corrected chi connectivity index (χ0v) is 9.32. The van der Waals surface area contributed by atoms with E-state index in [1.54, 1.807) is 6.92 Å². The standard InChI is InChI=1S/C10H20N2O3/c1-7(10(14)15)4-3-5-8(2)12-6-9(11)13/h7-8,12H,3-6H2,1-2H3,(H2,11,13)(H,14,15). The molecule has 0 bridgehead atoms. The molecule has 0 saturated heterocycles. The van der Waals surface area contributed by atoms with Crippen molar-refractivity contribution in [3.8, 4) is 0 Å². The molecule has 0 aromatic rings. The van der Waals surface area contributed by atoms with Crippen molar-refractivity contribution in [2.24, 2.45) is 11.7 Å². The highest BCUT2D eigenvalue weighted by molar-refractivity contribution is 5.75. The van der Waals surface area contributed by atoms with Crippen molar-refractivity contribution in [3.63, 3.8) is 0 Å². The van der Waals surface area contributed by atoms with Crippen LogP contribution in [0, 0.1) is 5.92 Å². The number of nitrogens with one attached hydrogen (secondary N) is 1. The lowest BCUT2D eigenvalue weighted by Gasteiger charge is -2.13. The molecule has 15 heavy (non-hydrogen) atoms. The fraction of sp³-hybridized carbons (Fsp3) is 0.800. The summed E-state index contributed by atoms with van der Waals surface area (Å²) in [5.41, 5.74) is 4.98. The molecule has 0 saturated carbocycles. The van der Waals surface area contributed by atoms with E-state index < -0.39 is 5.97 Å². The highest BCUT2D eigenvalue weighted by Crippen LogP contribution is 2.09. The van der Waals surface area contributed by atoms with Crippen molar-refractivity contribution in [3.05, 3.63) is 0 Å². The Morgan fingerprint density at radius 1 is 1.33 bits per heavy atom. The molecule has 0 radical (unpaired) electrons. The number of carboxylic acids is 1. The summed E-state index contributed by atoms with van der Waals surface area (Å²) >= 11 is 0. The molecule has 2 atom stereocenters. The van der Waals surface area contributed by atoms with Gasteiger partial charge in [-0.15, -0.1) is 0 Å². The van der Waals surface area contributed by atoms with Gasteiger partial charge in [0.05, 0.1) is 12.5 Å². The molecule has 0 aliphatic carbocycles. The van der Waals surface area contributed by atoms with E-state index in [4.69, 9.17) is 10.8 Å². The molecule has 2 unspecified atom stereocenters. The van der Waals surface area contributed by atoms with Gasteiger partial charge in [0, 0.05) is 6.04 Å². The van der Waals surface area contributed by atoms with Crippen LogP contribution in [0.1, 0.15) is 33.1 Å². The predicted octanol–water partition coefficient (Wildman–Crippen LogP) is 0.341. The Morgan fingerprint density at radius 3 is 2.40 bits per heavy atom. The number of nitrogens with two attached hydrogens (primary N) is 1. The van der Waals surface area contributed by atoms with Gasteiger partial charge in [0.15, 0.2) is 0 Å². The van der Waals surface area contributed by atoms with Crippen molar-refractivity contribution in [2.75, 3.05) is 6.54 Å². The summed E-state index contributed by atoms with van der Waals surface area (Å²) < 4.78 is 0. The first-order valence-electron chi connectivity index (χ1n) is 5.18. The van der Waals surface area contributed by atoms with E-state index in [9.17, 15) is 9.59 Å². The van der Waals surface area contributed by atoms with E-state index in [1.165, 1.54) is 0 Å². The molecule has 0 spiro atoms. The zero-order valence-electron chi connectivity index (χ0n) is 9.32. The van der Waals surface area contributed by atoms with Gasteiger partial charge in [-0.2, -0.15) is 0 Å². The summed E-state index contributed by atoms with van der Waals surface area (Å²) in [6, 6.07) is 0.193. The minimum Gasteiger partial charge on any atom is -0.481 e. The molecule has 5 nitrogen and oxygen atoms in total. The third-order valence-electron chi connectivity index (χ3n) is 2.32. The average Bonchev–Trinajstić information content (AvgIpc) is 2.14. The highest BCUT2D eigenvalue weighted by atomic mass is 16.4. The number of rotatable bonds is 8. The lowest BCUT2D eigenvalue weighted by Crippen LogP contribution is -2.34. The normalized spacial score (nSPS) is 14.5. The topological polar surface area (TPSA) is 92.4 Å². The van der Waals surface area contributed by atoms with E-state index in [1.807, 2.05) is 6.92 Å². The van der Waals surface area contributed by atoms with Gasteiger partial charge >= 0.3 is 5.97 Å². The number of carbonyl (C=O) groups excluding carboxylic acids is 1. The van der Waals surface area contributed by atoms with Gasteiger partial charge in [0.2, 0.25) is 5.91 Å². The molecule has 0 aromatic heterocycles. The monoisotopic (exact) mass is 216 g/mol. The third-order valence-corrected chi connectivity index (χ3v) is 2.32. The maximum absolute atomic E-state index is 10.5. The second kappa shape index (κ2) is 7.23. The van der Waals surface area contributed by atoms with Crippen LogP contribution < -0.4 is 11.1 Å². The van der Waals surface area contributed by atoms with E-state index in [2.05, 4.69) is 5.32 Å². The van der Waals surface area contributed by atoms with E-state index in [-0.39, 0.29) is 24.4 Å². The molecule has 1 amide bonds. The molecule has 0 rings (SSSR count). The summed E-state index contributed by atoms with van der Waals surface area (Å²) in [6.07, 6.45) is 2.35. The molecule has 0 aliphatic heterocycles. The molecule has 4 N–H and O–H groups in total. The molecule has 0 fully saturated rings. The molecule has 5 heteroatoms. The number of hydrogen-bond acceptors (Lipinski definition) is 3. The number of primary amides is 1. The first kappa shape index (κ1) is 13.9. The van der Waals surface area contributed by atoms with Gasteiger partial charge in [0.25, 0.3) is 0 Å². The highest BCUT2D eigenvalue weighted by Gasteiger charge is 2.11. The number of carboxylic acid groups (broad SMARTS) is 1. The maximum atomic E-state index is 10.5. The Kier molecular flexibility index (Phi) is 6.70. The first-order valence-corrected chi connectivity index (χ1v) is 5.18. The minimum absolute atomic E-state index is 0.176. The second-order valence-corrected chi connectivity index (χ2v) is 3.92. The van der Waals surface area contributed by atoms with Gasteiger partial charge in [-0.25, -0.2) is 0 Å². The van der Waals surface area contributed by atoms with Gasteiger partial charge in [-0.1, -0.05) is 13.3 Å². The predicted molar refractivity (Wildman–Crippen MR) is 57.3 cm³/mol. The van der Waals surface area contributed by atoms with Gasteiger partial charge in [-0.3, -0.25) is 9.59 Å². The van der Waals surface area contributed by atoms with Crippen LogP contribution in [-0.4, -0.2) is 29.6 Å². The number of hydrogen-bond donors (Lipinski definition) is 3. The van der Waals surface area contributed by atoms with Crippen LogP contribution in [0.4, 0.5) is 0 Å². The zero-order chi connectivity index (χ0) is 11.8. The lowest BCUT2D eigenvalue weighted by molar-refractivity contribution is -0.141. The van der Waals surface area contributed by atoms with Gasteiger partial charge < -0.3 is 16.2 Å². The Labute approximate surface area is 90.0 Å². The molecule has 88 valence electrons. The maximum Gasteiger partial charge on any atom is 0.306 e. The van der Waals surface area contributed by atoms with E-state index in [0.29, 0.717) is 6.42 Å². The third kappa shape index (κ3) is 7.93. The summed E-state index contributed by atoms with van der Waals surface area (Å²) in [5, 5.41) is 11.6. The van der Waals surface area contributed by atoms with E-state index in [0.717, 1.165) is 12.8 Å². The summed E-state index contributed by atoms with van der Waals surface area (Å²) in [7, 11) is 0. The fourth-order valence-corrected chi connectivity index (χ4v) is 1.23. The number of amides is 1. The average molecular weight is 216 g/mol. The Hall–Kier alpha value is -1.10. The lowest BCUT2D eigenvalue weighted by atomic mass is 10.0. The minimum atomic E-state index is -0.757. The van der Waals surface area contributed by atoms with E-state index >= 15 is 0 Å². The fourth-order valence-electron chi connectivity index (χ4n) is 1.23. The van der Waals surface area contributed by atoms with Crippen LogP contribution in [-0.2, 0) is 9.59 Å². The Bertz CT molecular complexity index is 219. The van der Waals surface area contributed by atoms with Crippen LogP contribution in [0.15, 0.2) is 0 Å². The van der Waals surface area contributed by atoms with Crippen LogP contribution in [0.25, 0.3) is 0 Å². The number of aliphatic carboxylic acids is 1.